The van der Waals surface area contributed by atoms with Gasteiger partial charge in [0.15, 0.2) is 0 Å². The van der Waals surface area contributed by atoms with E-state index in [1.807, 2.05) is 19.1 Å². The maximum Gasteiger partial charge on any atom is 0.261 e. The molecular formula is C12H17ClO2S. The van der Waals surface area contributed by atoms with Crippen molar-refractivity contribution in [1.29, 1.82) is 0 Å². The molecule has 0 saturated heterocycles. The van der Waals surface area contributed by atoms with Crippen molar-refractivity contribution in [3.63, 3.8) is 0 Å². The smallest absolute Gasteiger partial charge is 0.207 e. The molecule has 0 unspecified atom stereocenters. The van der Waals surface area contributed by atoms with Gasteiger partial charge in [-0.25, -0.2) is 8.42 Å². The second-order valence-electron chi connectivity index (χ2n) is 4.86. The molecule has 1 aromatic carbocycles. The summed E-state index contributed by atoms with van der Waals surface area (Å²) < 4.78 is 22.7. The van der Waals surface area contributed by atoms with Crippen LogP contribution in [0.5, 0.6) is 0 Å². The molecule has 0 fully saturated rings. The number of aryl methyl sites for hydroxylation is 1. The van der Waals surface area contributed by atoms with Gasteiger partial charge in [0.05, 0.1) is 4.90 Å². The van der Waals surface area contributed by atoms with Gasteiger partial charge in [0.25, 0.3) is 9.05 Å². The molecule has 0 spiro atoms. The number of rotatable bonds is 2. The van der Waals surface area contributed by atoms with Gasteiger partial charge >= 0.3 is 0 Å². The minimum absolute atomic E-state index is 0.0124. The predicted octanol–water partition coefficient (Wildman–Crippen LogP) is 3.47. The van der Waals surface area contributed by atoms with Crippen LogP contribution in [0.15, 0.2) is 23.1 Å². The molecule has 90 valence electrons. The van der Waals surface area contributed by atoms with Gasteiger partial charge in [0.1, 0.15) is 0 Å². The average Bonchev–Trinajstić information content (AvgIpc) is 2.14. The molecular weight excluding hydrogens is 244 g/mol. The monoisotopic (exact) mass is 260 g/mol. The number of hydrogen-bond acceptors (Lipinski definition) is 2. The third kappa shape index (κ3) is 2.98. The summed E-state index contributed by atoms with van der Waals surface area (Å²) in [6.07, 6.45) is 0.658. The molecule has 16 heavy (non-hydrogen) atoms. The largest absolute Gasteiger partial charge is 0.261 e. The Morgan fingerprint density at radius 1 is 1.25 bits per heavy atom. The van der Waals surface area contributed by atoms with Crippen LogP contribution in [-0.4, -0.2) is 8.42 Å². The van der Waals surface area contributed by atoms with E-state index in [1.54, 1.807) is 6.07 Å². The Balaban J connectivity index is 3.40. The van der Waals surface area contributed by atoms with Crippen molar-refractivity contribution in [2.45, 2.75) is 44.4 Å². The lowest BCUT2D eigenvalue weighted by molar-refractivity contribution is 0.586. The molecule has 4 heteroatoms. The average molecular weight is 261 g/mol. The van der Waals surface area contributed by atoms with Crippen molar-refractivity contribution < 1.29 is 8.42 Å². The molecule has 2 nitrogen and oxygen atoms in total. The van der Waals surface area contributed by atoms with E-state index in [9.17, 15) is 8.42 Å². The zero-order chi connectivity index (χ0) is 12.6. The maximum absolute atomic E-state index is 11.3. The van der Waals surface area contributed by atoms with Crippen molar-refractivity contribution in [2.75, 3.05) is 0 Å². The van der Waals surface area contributed by atoms with Crippen LogP contribution in [0.2, 0.25) is 0 Å². The first kappa shape index (κ1) is 13.5. The predicted molar refractivity (Wildman–Crippen MR) is 67.6 cm³/mol. The molecule has 0 aliphatic heterocycles. The maximum atomic E-state index is 11.3. The van der Waals surface area contributed by atoms with E-state index in [-0.39, 0.29) is 10.3 Å². The quantitative estimate of drug-likeness (QED) is 0.763. The van der Waals surface area contributed by atoms with Crippen molar-refractivity contribution in [3.8, 4) is 0 Å². The third-order valence-electron chi connectivity index (χ3n) is 2.57. The zero-order valence-corrected chi connectivity index (χ0v) is 11.6. The van der Waals surface area contributed by atoms with Crippen LogP contribution in [0.3, 0.4) is 0 Å². The van der Waals surface area contributed by atoms with Crippen LogP contribution in [0.1, 0.15) is 38.8 Å². The first-order valence-corrected chi connectivity index (χ1v) is 7.55. The minimum atomic E-state index is -3.64. The third-order valence-corrected chi connectivity index (χ3v) is 3.99. The van der Waals surface area contributed by atoms with Gasteiger partial charge in [0, 0.05) is 10.7 Å². The van der Waals surface area contributed by atoms with Gasteiger partial charge < -0.3 is 0 Å². The van der Waals surface area contributed by atoms with E-state index < -0.39 is 9.05 Å². The standard InChI is InChI=1S/C12H17ClO2S/c1-5-9-8-10(12(2,3)4)6-7-11(9)16(13,14)15/h6-8H,5H2,1-4H3. The van der Waals surface area contributed by atoms with Gasteiger partial charge in [-0.05, 0) is 29.0 Å². The van der Waals surface area contributed by atoms with E-state index in [2.05, 4.69) is 20.8 Å². The Kier molecular flexibility index (Phi) is 3.70. The van der Waals surface area contributed by atoms with E-state index >= 15 is 0 Å². The van der Waals surface area contributed by atoms with E-state index in [0.29, 0.717) is 6.42 Å². The van der Waals surface area contributed by atoms with Crippen LogP contribution in [0, 0.1) is 0 Å². The molecule has 0 aliphatic rings. The highest BCUT2D eigenvalue weighted by atomic mass is 35.7. The first-order valence-electron chi connectivity index (χ1n) is 5.24. The molecule has 0 bridgehead atoms. The summed E-state index contributed by atoms with van der Waals surface area (Å²) in [4.78, 5) is 0.227. The Bertz CT molecular complexity index is 484. The number of halogens is 1. The van der Waals surface area contributed by atoms with Gasteiger partial charge in [-0.2, -0.15) is 0 Å². The highest BCUT2D eigenvalue weighted by Gasteiger charge is 2.19. The summed E-state index contributed by atoms with van der Waals surface area (Å²) in [6, 6.07) is 5.35. The molecule has 1 rings (SSSR count). The molecule has 0 heterocycles. The number of hydrogen-bond donors (Lipinski definition) is 0. The molecule has 0 saturated carbocycles. The summed E-state index contributed by atoms with van der Waals surface area (Å²) in [7, 11) is 1.75. The summed E-state index contributed by atoms with van der Waals surface area (Å²) in [6.45, 7) is 8.21. The van der Waals surface area contributed by atoms with Crippen LogP contribution in [0.4, 0.5) is 0 Å². The molecule has 1 aromatic rings. The Morgan fingerprint density at radius 3 is 2.19 bits per heavy atom. The lowest BCUT2D eigenvalue weighted by Crippen LogP contribution is -2.12. The zero-order valence-electron chi connectivity index (χ0n) is 10.0. The van der Waals surface area contributed by atoms with Crippen LogP contribution < -0.4 is 0 Å². The van der Waals surface area contributed by atoms with Crippen LogP contribution in [0.25, 0.3) is 0 Å². The van der Waals surface area contributed by atoms with Crippen LogP contribution >= 0.6 is 10.7 Å². The molecule has 0 aromatic heterocycles. The van der Waals surface area contributed by atoms with Gasteiger partial charge in [0.2, 0.25) is 0 Å². The summed E-state index contributed by atoms with van der Waals surface area (Å²) in [5.41, 5.74) is 1.91. The summed E-state index contributed by atoms with van der Waals surface area (Å²) >= 11 is 0. The van der Waals surface area contributed by atoms with Gasteiger partial charge in [-0.3, -0.25) is 0 Å². The lowest BCUT2D eigenvalue weighted by Gasteiger charge is -2.20. The number of benzene rings is 1. The van der Waals surface area contributed by atoms with E-state index in [4.69, 9.17) is 10.7 Å². The van der Waals surface area contributed by atoms with Crippen LogP contribution in [-0.2, 0) is 20.9 Å². The molecule has 0 atom stereocenters. The van der Waals surface area contributed by atoms with Crippen molar-refractivity contribution in [3.05, 3.63) is 29.3 Å². The second kappa shape index (κ2) is 4.38. The van der Waals surface area contributed by atoms with E-state index in [1.165, 1.54) is 0 Å². The fraction of sp³-hybridized carbons (Fsp3) is 0.500. The lowest BCUT2D eigenvalue weighted by atomic mass is 9.86. The van der Waals surface area contributed by atoms with Gasteiger partial charge in [-0.15, -0.1) is 0 Å². The van der Waals surface area contributed by atoms with Crippen molar-refractivity contribution in [1.82, 2.24) is 0 Å². The Hall–Kier alpha value is -0.540. The SMILES string of the molecule is CCc1cc(C(C)(C)C)ccc1S(=O)(=O)Cl. The molecule has 0 aliphatic carbocycles. The fourth-order valence-corrected chi connectivity index (χ4v) is 2.76. The topological polar surface area (TPSA) is 34.1 Å². The Labute approximate surface area is 102 Å². The normalized spacial score (nSPS) is 12.8. The highest BCUT2D eigenvalue weighted by molar-refractivity contribution is 8.13. The molecule has 0 radical (unpaired) electrons. The first-order chi connectivity index (χ1) is 7.16. The minimum Gasteiger partial charge on any atom is -0.207 e. The molecule has 0 amide bonds. The van der Waals surface area contributed by atoms with E-state index in [0.717, 1.165) is 11.1 Å². The molecule has 0 N–H and O–H groups in total. The van der Waals surface area contributed by atoms with Gasteiger partial charge in [-0.1, -0.05) is 39.8 Å². The highest BCUT2D eigenvalue weighted by Crippen LogP contribution is 2.28. The fourth-order valence-electron chi connectivity index (χ4n) is 1.56. The Morgan fingerprint density at radius 2 is 1.81 bits per heavy atom. The summed E-state index contributed by atoms with van der Waals surface area (Å²) in [5, 5.41) is 0. The second-order valence-corrected chi connectivity index (χ2v) is 7.40. The van der Waals surface area contributed by atoms with Crippen molar-refractivity contribution in [2.24, 2.45) is 0 Å². The summed E-state index contributed by atoms with van der Waals surface area (Å²) in [5.74, 6) is 0. The van der Waals surface area contributed by atoms with Crippen molar-refractivity contribution >= 4 is 19.7 Å².